The van der Waals surface area contributed by atoms with Crippen LogP contribution in [0.1, 0.15) is 5.56 Å². The first-order valence-corrected chi connectivity index (χ1v) is 4.72. The number of hydrogen-bond acceptors (Lipinski definition) is 3. The van der Waals surface area contributed by atoms with E-state index in [2.05, 4.69) is 0 Å². The number of nitrogens with zero attached hydrogens (tertiary/aromatic N) is 1. The fourth-order valence-corrected chi connectivity index (χ4v) is 1.42. The summed E-state index contributed by atoms with van der Waals surface area (Å²) in [5, 5.41) is 13.1. The summed E-state index contributed by atoms with van der Waals surface area (Å²) >= 11 is 0. The highest BCUT2D eigenvalue weighted by Crippen LogP contribution is 2.13. The summed E-state index contributed by atoms with van der Waals surface area (Å²) in [4.78, 5) is -0.661. The summed E-state index contributed by atoms with van der Waals surface area (Å²) in [7, 11) is -4.09. The van der Waals surface area contributed by atoms with E-state index in [1.54, 1.807) is 6.07 Å². The number of benzene rings is 1. The van der Waals surface area contributed by atoms with E-state index in [1.807, 2.05) is 0 Å². The molecule has 0 aliphatic rings. The molecule has 0 aliphatic heterocycles. The van der Waals surface area contributed by atoms with Gasteiger partial charge in [-0.15, -0.1) is 0 Å². The molecule has 68 valence electrons. The van der Waals surface area contributed by atoms with E-state index >= 15 is 0 Å². The molecule has 0 saturated carbocycles. The number of nitrogens with two attached hydrogens (primary N) is 1. The molecule has 4 nitrogen and oxygen atoms in total. The van der Waals surface area contributed by atoms with Gasteiger partial charge in [-0.05, 0) is 18.2 Å². The fourth-order valence-electron chi connectivity index (χ4n) is 0.791. The van der Waals surface area contributed by atoms with Crippen LogP contribution in [0.4, 0.5) is 4.39 Å². The van der Waals surface area contributed by atoms with Crippen LogP contribution in [0.25, 0.3) is 0 Å². The van der Waals surface area contributed by atoms with Gasteiger partial charge in [-0.3, -0.25) is 0 Å². The van der Waals surface area contributed by atoms with E-state index in [0.717, 1.165) is 12.1 Å². The molecule has 13 heavy (non-hydrogen) atoms. The Morgan fingerprint density at radius 1 is 1.46 bits per heavy atom. The summed E-state index contributed by atoms with van der Waals surface area (Å²) in [6.45, 7) is 0. The van der Waals surface area contributed by atoms with Gasteiger partial charge in [-0.1, -0.05) is 0 Å². The minimum absolute atomic E-state index is 0.0467. The van der Waals surface area contributed by atoms with E-state index in [-0.39, 0.29) is 5.56 Å². The quantitative estimate of drug-likeness (QED) is 0.709. The standard InChI is InChI=1S/C7H5FN2O2S/c8-6-2-1-5(4-9)3-7(6)13(10,11)12/h1-3H,(H2,10,11,12). The summed E-state index contributed by atoms with van der Waals surface area (Å²) in [6, 6.07) is 4.63. The maximum atomic E-state index is 12.8. The van der Waals surface area contributed by atoms with Crippen LogP contribution < -0.4 is 5.14 Å². The van der Waals surface area contributed by atoms with Crippen LogP contribution in [0.15, 0.2) is 23.1 Å². The third-order valence-corrected chi connectivity index (χ3v) is 2.29. The Bertz CT molecular complexity index is 476. The molecule has 1 aromatic carbocycles. The molecule has 0 atom stereocenters. The average Bonchev–Trinajstić information content (AvgIpc) is 2.03. The molecule has 0 bridgehead atoms. The van der Waals surface area contributed by atoms with E-state index in [4.69, 9.17) is 10.4 Å². The number of nitriles is 1. The van der Waals surface area contributed by atoms with Gasteiger partial charge in [-0.25, -0.2) is 17.9 Å². The molecule has 1 rings (SSSR count). The summed E-state index contributed by atoms with van der Waals surface area (Å²) in [6.07, 6.45) is 0. The zero-order valence-corrected chi connectivity index (χ0v) is 7.18. The van der Waals surface area contributed by atoms with Crippen molar-refractivity contribution in [1.82, 2.24) is 0 Å². The number of halogens is 1. The Morgan fingerprint density at radius 3 is 2.54 bits per heavy atom. The van der Waals surface area contributed by atoms with Gasteiger partial charge in [0.05, 0.1) is 11.6 Å². The lowest BCUT2D eigenvalue weighted by atomic mass is 10.2. The smallest absolute Gasteiger partial charge is 0.225 e. The van der Waals surface area contributed by atoms with Crippen molar-refractivity contribution in [3.63, 3.8) is 0 Å². The molecule has 0 aliphatic carbocycles. The van der Waals surface area contributed by atoms with Crippen molar-refractivity contribution in [3.8, 4) is 6.07 Å². The predicted molar refractivity (Wildman–Crippen MR) is 42.5 cm³/mol. The monoisotopic (exact) mass is 200 g/mol. The highest BCUT2D eigenvalue weighted by molar-refractivity contribution is 7.89. The van der Waals surface area contributed by atoms with Gasteiger partial charge in [0.25, 0.3) is 0 Å². The second-order valence-corrected chi connectivity index (χ2v) is 3.83. The van der Waals surface area contributed by atoms with Crippen LogP contribution in [0.5, 0.6) is 0 Å². The molecule has 6 heteroatoms. The third kappa shape index (κ3) is 2.02. The van der Waals surface area contributed by atoms with Crippen LogP contribution in [0.3, 0.4) is 0 Å². The zero-order chi connectivity index (χ0) is 10.1. The number of hydrogen-bond donors (Lipinski definition) is 1. The van der Waals surface area contributed by atoms with Gasteiger partial charge in [0.15, 0.2) is 0 Å². The first-order chi connectivity index (χ1) is 5.95. The van der Waals surface area contributed by atoms with E-state index in [0.29, 0.717) is 0 Å². The van der Waals surface area contributed by atoms with Gasteiger partial charge in [0, 0.05) is 0 Å². The van der Waals surface area contributed by atoms with Crippen molar-refractivity contribution in [1.29, 1.82) is 5.26 Å². The molecular weight excluding hydrogens is 195 g/mol. The third-order valence-electron chi connectivity index (χ3n) is 1.37. The molecule has 1 aromatic rings. The van der Waals surface area contributed by atoms with Gasteiger partial charge >= 0.3 is 0 Å². The Labute approximate surface area is 74.5 Å². The highest BCUT2D eigenvalue weighted by atomic mass is 32.2. The van der Waals surface area contributed by atoms with Crippen molar-refractivity contribution in [3.05, 3.63) is 29.6 Å². The fraction of sp³-hybridized carbons (Fsp3) is 0. The van der Waals surface area contributed by atoms with Gasteiger partial charge < -0.3 is 0 Å². The predicted octanol–water partition coefficient (Wildman–Crippen LogP) is 0.345. The van der Waals surface area contributed by atoms with Crippen LogP contribution in [-0.4, -0.2) is 8.42 Å². The lowest BCUT2D eigenvalue weighted by Gasteiger charge is -1.99. The highest BCUT2D eigenvalue weighted by Gasteiger charge is 2.14. The van der Waals surface area contributed by atoms with Gasteiger partial charge in [0.2, 0.25) is 10.0 Å². The Balaban J connectivity index is 3.47. The van der Waals surface area contributed by atoms with Crippen molar-refractivity contribution in [2.75, 3.05) is 0 Å². The average molecular weight is 200 g/mol. The molecular formula is C7H5FN2O2S. The Kier molecular flexibility index (Phi) is 2.32. The van der Waals surface area contributed by atoms with Gasteiger partial charge in [0.1, 0.15) is 10.7 Å². The molecule has 0 unspecified atom stereocenters. The second kappa shape index (κ2) is 3.12. The molecule has 0 fully saturated rings. The Morgan fingerprint density at radius 2 is 2.08 bits per heavy atom. The summed E-state index contributed by atoms with van der Waals surface area (Å²) in [5.74, 6) is -0.957. The first-order valence-electron chi connectivity index (χ1n) is 3.17. The van der Waals surface area contributed by atoms with Crippen LogP contribution in [0.2, 0.25) is 0 Å². The number of rotatable bonds is 1. The first kappa shape index (κ1) is 9.64. The zero-order valence-electron chi connectivity index (χ0n) is 6.36. The molecule has 0 heterocycles. The van der Waals surface area contributed by atoms with Crippen molar-refractivity contribution >= 4 is 10.0 Å². The van der Waals surface area contributed by atoms with Crippen LogP contribution >= 0.6 is 0 Å². The molecule has 0 aromatic heterocycles. The van der Waals surface area contributed by atoms with Crippen molar-refractivity contribution < 1.29 is 12.8 Å². The van der Waals surface area contributed by atoms with E-state index in [1.165, 1.54) is 6.07 Å². The molecule has 0 amide bonds. The Hall–Kier alpha value is -1.45. The summed E-state index contributed by atoms with van der Waals surface area (Å²) < 4.78 is 34.3. The summed E-state index contributed by atoms with van der Waals surface area (Å²) in [5.41, 5.74) is 0.0467. The maximum absolute atomic E-state index is 12.8. The minimum atomic E-state index is -4.09. The van der Waals surface area contributed by atoms with E-state index in [9.17, 15) is 12.8 Å². The normalized spacial score (nSPS) is 10.8. The van der Waals surface area contributed by atoms with Crippen LogP contribution in [-0.2, 0) is 10.0 Å². The maximum Gasteiger partial charge on any atom is 0.241 e. The van der Waals surface area contributed by atoms with Crippen molar-refractivity contribution in [2.45, 2.75) is 4.90 Å². The van der Waals surface area contributed by atoms with Crippen LogP contribution in [0, 0.1) is 17.1 Å². The molecule has 2 N–H and O–H groups in total. The second-order valence-electron chi connectivity index (χ2n) is 2.30. The largest absolute Gasteiger partial charge is 0.241 e. The van der Waals surface area contributed by atoms with E-state index < -0.39 is 20.7 Å². The number of sulfonamides is 1. The topological polar surface area (TPSA) is 83.9 Å². The van der Waals surface area contributed by atoms with Gasteiger partial charge in [-0.2, -0.15) is 5.26 Å². The minimum Gasteiger partial charge on any atom is -0.225 e. The lowest BCUT2D eigenvalue weighted by molar-refractivity contribution is 0.568. The van der Waals surface area contributed by atoms with Crippen molar-refractivity contribution in [2.24, 2.45) is 5.14 Å². The molecule has 0 radical (unpaired) electrons. The molecule has 0 saturated heterocycles. The number of primary sulfonamides is 1. The lowest BCUT2D eigenvalue weighted by Crippen LogP contribution is -2.14. The SMILES string of the molecule is N#Cc1ccc(F)c(S(N)(=O)=O)c1. The molecule has 0 spiro atoms.